The average Bonchev–Trinajstić information content (AvgIpc) is 2.76. The molecule has 0 bridgehead atoms. The van der Waals surface area contributed by atoms with Crippen LogP contribution in [-0.2, 0) is 6.54 Å². The molecule has 5 nitrogen and oxygen atoms in total. The van der Waals surface area contributed by atoms with Crippen LogP contribution in [0, 0.1) is 0 Å². The molecule has 1 amide bonds. The van der Waals surface area contributed by atoms with Crippen LogP contribution >= 0.6 is 0 Å². The van der Waals surface area contributed by atoms with E-state index in [1.54, 1.807) is 0 Å². The van der Waals surface area contributed by atoms with Gasteiger partial charge in [0.15, 0.2) is 0 Å². The molecule has 0 aliphatic carbocycles. The van der Waals surface area contributed by atoms with E-state index in [0.717, 1.165) is 44.2 Å². The number of amides is 1. The van der Waals surface area contributed by atoms with Crippen LogP contribution in [0.4, 0.5) is 11.5 Å². The molecule has 1 saturated heterocycles. The topological polar surface area (TPSA) is 48.5 Å². The number of carbonyl (C=O) groups excluding carboxylic acids is 1. The third-order valence-corrected chi connectivity index (χ3v) is 5.00. The summed E-state index contributed by atoms with van der Waals surface area (Å²) in [6.07, 6.45) is 1.84. The number of nitrogens with one attached hydrogen (secondary N) is 1. The Morgan fingerprint density at radius 3 is 2.25 bits per heavy atom. The first-order valence-corrected chi connectivity index (χ1v) is 9.61. The van der Waals surface area contributed by atoms with E-state index in [9.17, 15) is 4.79 Å². The molecule has 1 fully saturated rings. The highest BCUT2D eigenvalue weighted by molar-refractivity contribution is 6.04. The molecule has 28 heavy (non-hydrogen) atoms. The zero-order valence-electron chi connectivity index (χ0n) is 15.8. The highest BCUT2D eigenvalue weighted by atomic mass is 16.1. The molecule has 1 aromatic heterocycles. The molecular weight excluding hydrogens is 348 g/mol. The largest absolute Gasteiger partial charge is 0.354 e. The molecule has 1 N–H and O–H groups in total. The van der Waals surface area contributed by atoms with Crippen molar-refractivity contribution in [2.45, 2.75) is 6.54 Å². The third-order valence-electron chi connectivity index (χ3n) is 5.00. The standard InChI is InChI=1S/C23H24N4O/c28-23(25-21-6-2-1-3-7-21)20-11-9-19(10-12-20)18-26-14-16-27(17-15-26)22-8-4-5-13-24-22/h1-13H,14-18H2,(H,25,28). The monoisotopic (exact) mass is 372 g/mol. The summed E-state index contributed by atoms with van der Waals surface area (Å²) >= 11 is 0. The second-order valence-electron chi connectivity index (χ2n) is 6.97. The van der Waals surface area contributed by atoms with Gasteiger partial charge in [-0.05, 0) is 42.0 Å². The minimum absolute atomic E-state index is 0.0817. The lowest BCUT2D eigenvalue weighted by Crippen LogP contribution is -2.46. The van der Waals surface area contributed by atoms with E-state index in [2.05, 4.69) is 26.2 Å². The van der Waals surface area contributed by atoms with E-state index in [-0.39, 0.29) is 5.91 Å². The number of nitrogens with zero attached hydrogens (tertiary/aromatic N) is 3. The number of para-hydroxylation sites is 1. The molecule has 0 radical (unpaired) electrons. The minimum atomic E-state index is -0.0817. The van der Waals surface area contributed by atoms with Gasteiger partial charge in [0.05, 0.1) is 0 Å². The van der Waals surface area contributed by atoms with Crippen molar-refractivity contribution in [2.75, 3.05) is 36.4 Å². The van der Waals surface area contributed by atoms with Crippen LogP contribution < -0.4 is 10.2 Å². The van der Waals surface area contributed by atoms with E-state index in [1.165, 1.54) is 5.56 Å². The summed E-state index contributed by atoms with van der Waals surface area (Å²) in [5.41, 5.74) is 2.71. The predicted molar refractivity (Wildman–Crippen MR) is 113 cm³/mol. The summed E-state index contributed by atoms with van der Waals surface area (Å²) in [4.78, 5) is 21.6. The van der Waals surface area contributed by atoms with E-state index < -0.39 is 0 Å². The Morgan fingerprint density at radius 2 is 1.57 bits per heavy atom. The zero-order chi connectivity index (χ0) is 19.2. The molecule has 1 aliphatic rings. The van der Waals surface area contributed by atoms with E-state index in [4.69, 9.17) is 0 Å². The summed E-state index contributed by atoms with van der Waals surface area (Å²) in [7, 11) is 0. The van der Waals surface area contributed by atoms with Crippen LogP contribution in [0.1, 0.15) is 15.9 Å². The second-order valence-corrected chi connectivity index (χ2v) is 6.97. The Morgan fingerprint density at radius 1 is 0.857 bits per heavy atom. The Bertz CT molecular complexity index is 889. The number of piperazine rings is 1. The lowest BCUT2D eigenvalue weighted by atomic mass is 10.1. The van der Waals surface area contributed by atoms with Crippen molar-refractivity contribution in [3.8, 4) is 0 Å². The quantitative estimate of drug-likeness (QED) is 0.743. The van der Waals surface area contributed by atoms with Crippen LogP contribution in [0.25, 0.3) is 0 Å². The molecule has 2 aromatic carbocycles. The van der Waals surface area contributed by atoms with E-state index >= 15 is 0 Å². The number of aromatic nitrogens is 1. The SMILES string of the molecule is O=C(Nc1ccccc1)c1ccc(CN2CCN(c3ccccn3)CC2)cc1. The molecule has 0 spiro atoms. The number of hydrogen-bond donors (Lipinski definition) is 1. The van der Waals surface area contributed by atoms with Crippen molar-refractivity contribution in [3.05, 3.63) is 90.1 Å². The first-order chi connectivity index (χ1) is 13.8. The smallest absolute Gasteiger partial charge is 0.255 e. The number of rotatable bonds is 5. The number of benzene rings is 2. The zero-order valence-corrected chi connectivity index (χ0v) is 15.8. The average molecular weight is 372 g/mol. The van der Waals surface area contributed by atoms with Gasteiger partial charge in [-0.15, -0.1) is 0 Å². The van der Waals surface area contributed by atoms with Crippen molar-refractivity contribution in [2.24, 2.45) is 0 Å². The molecule has 142 valence electrons. The number of hydrogen-bond acceptors (Lipinski definition) is 4. The highest BCUT2D eigenvalue weighted by Crippen LogP contribution is 2.15. The summed E-state index contributed by atoms with van der Waals surface area (Å²) in [6.45, 7) is 4.87. The second kappa shape index (κ2) is 8.67. The molecule has 0 unspecified atom stereocenters. The molecule has 1 aliphatic heterocycles. The number of pyridine rings is 1. The maximum absolute atomic E-state index is 12.4. The number of anilines is 2. The first-order valence-electron chi connectivity index (χ1n) is 9.61. The maximum atomic E-state index is 12.4. The van der Waals surface area contributed by atoms with Gasteiger partial charge in [0.25, 0.3) is 5.91 Å². The van der Waals surface area contributed by atoms with Crippen LogP contribution in [0.3, 0.4) is 0 Å². The summed E-state index contributed by atoms with van der Waals surface area (Å²) in [6, 6.07) is 23.5. The van der Waals surface area contributed by atoms with E-state index in [1.807, 2.05) is 72.9 Å². The summed E-state index contributed by atoms with van der Waals surface area (Å²) in [5.74, 6) is 0.970. The molecule has 5 heteroatoms. The highest BCUT2D eigenvalue weighted by Gasteiger charge is 2.18. The van der Waals surface area contributed by atoms with Gasteiger partial charge in [0.2, 0.25) is 0 Å². The van der Waals surface area contributed by atoms with Crippen LogP contribution in [-0.4, -0.2) is 42.0 Å². The van der Waals surface area contributed by atoms with Crippen LogP contribution in [0.5, 0.6) is 0 Å². The fourth-order valence-electron chi connectivity index (χ4n) is 3.42. The summed E-state index contributed by atoms with van der Waals surface area (Å²) < 4.78 is 0. The number of carbonyl (C=O) groups is 1. The van der Waals surface area contributed by atoms with Crippen LogP contribution in [0.15, 0.2) is 79.0 Å². The Balaban J connectivity index is 1.30. The lowest BCUT2D eigenvalue weighted by Gasteiger charge is -2.35. The molecule has 0 saturated carbocycles. The molecule has 4 rings (SSSR count). The van der Waals surface area contributed by atoms with Gasteiger partial charge in [0.1, 0.15) is 5.82 Å². The first kappa shape index (κ1) is 18.2. The fourth-order valence-corrected chi connectivity index (χ4v) is 3.42. The van der Waals surface area contributed by atoms with Gasteiger partial charge in [-0.25, -0.2) is 4.98 Å². The van der Waals surface area contributed by atoms with Crippen molar-refractivity contribution in [1.82, 2.24) is 9.88 Å². The predicted octanol–water partition coefficient (Wildman–Crippen LogP) is 3.66. The van der Waals surface area contributed by atoms with Crippen molar-refractivity contribution < 1.29 is 4.79 Å². The van der Waals surface area contributed by atoms with Gasteiger partial charge in [-0.2, -0.15) is 0 Å². The molecule has 3 aromatic rings. The Kier molecular flexibility index (Phi) is 5.64. The Hall–Kier alpha value is -3.18. The van der Waals surface area contributed by atoms with Crippen molar-refractivity contribution in [3.63, 3.8) is 0 Å². The van der Waals surface area contributed by atoms with Gasteiger partial charge >= 0.3 is 0 Å². The van der Waals surface area contributed by atoms with Crippen molar-refractivity contribution >= 4 is 17.4 Å². The van der Waals surface area contributed by atoms with Crippen LogP contribution in [0.2, 0.25) is 0 Å². The van der Waals surface area contributed by atoms with Gasteiger partial charge in [0, 0.05) is 50.2 Å². The molecular formula is C23H24N4O. The third kappa shape index (κ3) is 4.56. The van der Waals surface area contributed by atoms with Crippen molar-refractivity contribution in [1.29, 1.82) is 0 Å². The lowest BCUT2D eigenvalue weighted by molar-refractivity contribution is 0.102. The van der Waals surface area contributed by atoms with Gasteiger partial charge in [-0.3, -0.25) is 9.69 Å². The maximum Gasteiger partial charge on any atom is 0.255 e. The van der Waals surface area contributed by atoms with E-state index in [0.29, 0.717) is 5.56 Å². The molecule has 0 atom stereocenters. The minimum Gasteiger partial charge on any atom is -0.354 e. The fraction of sp³-hybridized carbons (Fsp3) is 0.217. The van der Waals surface area contributed by atoms with Gasteiger partial charge in [-0.1, -0.05) is 36.4 Å². The summed E-state index contributed by atoms with van der Waals surface area (Å²) in [5, 5.41) is 2.92. The normalized spacial score (nSPS) is 14.6. The van der Waals surface area contributed by atoms with Gasteiger partial charge < -0.3 is 10.2 Å². The molecule has 2 heterocycles. The Labute approximate surface area is 165 Å².